The minimum atomic E-state index is -0.0277. The molecule has 1 saturated heterocycles. The van der Waals surface area contributed by atoms with Gasteiger partial charge in [-0.25, -0.2) is 9.98 Å². The molecule has 3 N–H and O–H groups in total. The van der Waals surface area contributed by atoms with E-state index >= 15 is 0 Å². The molecule has 0 amide bonds. The molecule has 1 fully saturated rings. The first-order chi connectivity index (χ1) is 14.7. The highest BCUT2D eigenvalue weighted by molar-refractivity contribution is 14.0. The fourth-order valence-corrected chi connectivity index (χ4v) is 3.45. The van der Waals surface area contributed by atoms with Crippen LogP contribution in [0.5, 0.6) is 5.88 Å². The van der Waals surface area contributed by atoms with Gasteiger partial charge in [0.25, 0.3) is 0 Å². The maximum atomic E-state index is 9.41. The van der Waals surface area contributed by atoms with Crippen LogP contribution in [0.1, 0.15) is 30.9 Å². The number of rotatable bonds is 10. The lowest BCUT2D eigenvalue weighted by molar-refractivity contribution is 0.127. The first kappa shape index (κ1) is 25.4. The fraction of sp³-hybridized carbons (Fsp3) is 0.478. The topological polar surface area (TPSA) is 88.0 Å². The third-order valence-corrected chi connectivity index (χ3v) is 5.25. The first-order valence-corrected chi connectivity index (χ1v) is 10.6. The molecular formula is C23H33IN4O3. The molecule has 3 rings (SSSR count). The molecule has 7 nitrogen and oxygen atoms in total. The largest absolute Gasteiger partial charge is 0.473 e. The summed E-state index contributed by atoms with van der Waals surface area (Å²) in [5.41, 5.74) is 2.11. The number of benzene rings is 1. The van der Waals surface area contributed by atoms with Gasteiger partial charge in [0, 0.05) is 44.0 Å². The van der Waals surface area contributed by atoms with E-state index in [1.165, 1.54) is 0 Å². The van der Waals surface area contributed by atoms with Gasteiger partial charge in [0.15, 0.2) is 5.96 Å². The standard InChI is InChI=1S/C23H32N4O3.HI/c1-2-24-22(27-17-23(9-12-28)10-13-29-18-23)26-15-20-8-11-25-21(14-20)30-16-19-6-4-3-5-7-19;/h3-8,11,14,28H,2,9-10,12-13,15-18H2,1H3,(H2,24,26,27);1H. The van der Waals surface area contributed by atoms with Gasteiger partial charge in [-0.3, -0.25) is 0 Å². The molecule has 1 atom stereocenters. The predicted molar refractivity (Wildman–Crippen MR) is 133 cm³/mol. The number of aliphatic imine (C=N–C) groups is 1. The number of hydrogen-bond donors (Lipinski definition) is 3. The van der Waals surface area contributed by atoms with E-state index in [-0.39, 0.29) is 36.0 Å². The molecule has 31 heavy (non-hydrogen) atoms. The van der Waals surface area contributed by atoms with E-state index in [1.807, 2.05) is 49.4 Å². The van der Waals surface area contributed by atoms with Crippen LogP contribution in [0.15, 0.2) is 53.7 Å². The third kappa shape index (κ3) is 8.27. The molecule has 0 aliphatic carbocycles. The maximum absolute atomic E-state index is 9.41. The number of aromatic nitrogens is 1. The van der Waals surface area contributed by atoms with Crippen molar-refractivity contribution in [1.82, 2.24) is 15.6 Å². The predicted octanol–water partition coefficient (Wildman–Crippen LogP) is 3.12. The van der Waals surface area contributed by atoms with Crippen LogP contribution in [0.4, 0.5) is 0 Å². The number of ether oxygens (including phenoxy) is 2. The Bertz CT molecular complexity index is 798. The Morgan fingerprint density at radius 1 is 1.23 bits per heavy atom. The molecule has 0 spiro atoms. The Kier molecular flexibility index (Phi) is 11.0. The summed E-state index contributed by atoms with van der Waals surface area (Å²) in [6, 6.07) is 13.9. The second-order valence-electron chi connectivity index (χ2n) is 7.60. The Morgan fingerprint density at radius 3 is 2.77 bits per heavy atom. The fourth-order valence-electron chi connectivity index (χ4n) is 3.45. The van der Waals surface area contributed by atoms with Crippen LogP contribution in [0.2, 0.25) is 0 Å². The van der Waals surface area contributed by atoms with Crippen molar-refractivity contribution in [1.29, 1.82) is 0 Å². The van der Waals surface area contributed by atoms with Crippen molar-refractivity contribution in [2.45, 2.75) is 32.9 Å². The van der Waals surface area contributed by atoms with E-state index in [1.54, 1.807) is 6.20 Å². The SMILES string of the molecule is CCNC(=NCc1ccnc(OCc2ccccc2)c1)NCC1(CCO)CCOC1.I. The Labute approximate surface area is 201 Å². The highest BCUT2D eigenvalue weighted by atomic mass is 127. The van der Waals surface area contributed by atoms with Gasteiger partial charge in [-0.1, -0.05) is 30.3 Å². The average molecular weight is 540 g/mol. The molecule has 2 aromatic rings. The van der Waals surface area contributed by atoms with E-state index in [9.17, 15) is 5.11 Å². The second-order valence-corrected chi connectivity index (χ2v) is 7.60. The number of guanidine groups is 1. The van der Waals surface area contributed by atoms with Crippen molar-refractivity contribution < 1.29 is 14.6 Å². The van der Waals surface area contributed by atoms with Crippen molar-refractivity contribution in [2.75, 3.05) is 32.9 Å². The van der Waals surface area contributed by atoms with Crippen molar-refractivity contribution in [2.24, 2.45) is 10.4 Å². The molecule has 1 aromatic carbocycles. The van der Waals surface area contributed by atoms with Crippen molar-refractivity contribution in [3.05, 3.63) is 59.8 Å². The molecule has 0 saturated carbocycles. The summed E-state index contributed by atoms with van der Waals surface area (Å²) in [6.07, 6.45) is 3.43. The van der Waals surface area contributed by atoms with Gasteiger partial charge in [0.1, 0.15) is 6.61 Å². The van der Waals surface area contributed by atoms with Gasteiger partial charge >= 0.3 is 0 Å². The first-order valence-electron chi connectivity index (χ1n) is 10.6. The Morgan fingerprint density at radius 2 is 2.06 bits per heavy atom. The van der Waals surface area contributed by atoms with Crippen LogP contribution in [0.25, 0.3) is 0 Å². The third-order valence-electron chi connectivity index (χ3n) is 5.25. The summed E-state index contributed by atoms with van der Waals surface area (Å²) in [5.74, 6) is 1.35. The average Bonchev–Trinajstić information content (AvgIpc) is 3.24. The van der Waals surface area contributed by atoms with Crippen LogP contribution in [0.3, 0.4) is 0 Å². The minimum Gasteiger partial charge on any atom is -0.473 e. The summed E-state index contributed by atoms with van der Waals surface area (Å²) < 4.78 is 11.4. The number of aliphatic hydroxyl groups is 1. The van der Waals surface area contributed by atoms with E-state index in [0.717, 1.165) is 49.6 Å². The van der Waals surface area contributed by atoms with Crippen LogP contribution < -0.4 is 15.4 Å². The quantitative estimate of drug-likeness (QED) is 0.244. The van der Waals surface area contributed by atoms with Gasteiger partial charge in [-0.05, 0) is 37.0 Å². The molecule has 1 aromatic heterocycles. The number of nitrogens with one attached hydrogen (secondary N) is 2. The van der Waals surface area contributed by atoms with Crippen molar-refractivity contribution in [3.63, 3.8) is 0 Å². The van der Waals surface area contributed by atoms with Crippen LogP contribution in [0, 0.1) is 5.41 Å². The number of hydrogen-bond acceptors (Lipinski definition) is 5. The molecule has 1 unspecified atom stereocenters. The molecule has 170 valence electrons. The lowest BCUT2D eigenvalue weighted by Crippen LogP contribution is -2.44. The number of halogens is 1. The molecular weight excluding hydrogens is 507 g/mol. The van der Waals surface area contributed by atoms with E-state index in [2.05, 4.69) is 15.6 Å². The van der Waals surface area contributed by atoms with Crippen LogP contribution in [-0.2, 0) is 17.9 Å². The smallest absolute Gasteiger partial charge is 0.213 e. The second kappa shape index (κ2) is 13.5. The zero-order valence-electron chi connectivity index (χ0n) is 18.0. The molecule has 1 aliphatic rings. The highest BCUT2D eigenvalue weighted by Gasteiger charge is 2.34. The maximum Gasteiger partial charge on any atom is 0.213 e. The molecule has 0 radical (unpaired) electrons. The minimum absolute atomic E-state index is 0. The molecule has 8 heteroatoms. The van der Waals surface area contributed by atoms with Gasteiger partial charge < -0.3 is 25.2 Å². The van der Waals surface area contributed by atoms with Crippen LogP contribution in [-0.4, -0.2) is 49.0 Å². The molecule has 0 bridgehead atoms. The molecule has 1 aliphatic heterocycles. The van der Waals surface area contributed by atoms with Gasteiger partial charge in [-0.15, -0.1) is 24.0 Å². The Balaban J connectivity index is 0.00000341. The normalized spacial score (nSPS) is 18.3. The van der Waals surface area contributed by atoms with E-state index < -0.39 is 0 Å². The van der Waals surface area contributed by atoms with Crippen molar-refractivity contribution in [3.8, 4) is 5.88 Å². The van der Waals surface area contributed by atoms with E-state index in [0.29, 0.717) is 25.6 Å². The van der Waals surface area contributed by atoms with Gasteiger partial charge in [0.2, 0.25) is 5.88 Å². The zero-order valence-corrected chi connectivity index (χ0v) is 20.4. The summed E-state index contributed by atoms with van der Waals surface area (Å²) in [5, 5.41) is 16.1. The lowest BCUT2D eigenvalue weighted by atomic mass is 9.84. The van der Waals surface area contributed by atoms with Gasteiger partial charge in [-0.2, -0.15) is 0 Å². The highest BCUT2D eigenvalue weighted by Crippen LogP contribution is 2.31. The number of pyridine rings is 1. The van der Waals surface area contributed by atoms with Crippen molar-refractivity contribution >= 4 is 29.9 Å². The van der Waals surface area contributed by atoms with Crippen LogP contribution >= 0.6 is 24.0 Å². The Hall–Kier alpha value is -1.91. The summed E-state index contributed by atoms with van der Waals surface area (Å²) >= 11 is 0. The number of nitrogens with zero attached hydrogens (tertiary/aromatic N) is 2. The summed E-state index contributed by atoms with van der Waals surface area (Å²) in [6.45, 7) is 6.13. The summed E-state index contributed by atoms with van der Waals surface area (Å²) in [7, 11) is 0. The number of aliphatic hydroxyl groups excluding tert-OH is 1. The summed E-state index contributed by atoms with van der Waals surface area (Å²) in [4.78, 5) is 9.00. The lowest BCUT2D eigenvalue weighted by Gasteiger charge is -2.27. The molecule has 2 heterocycles. The van der Waals surface area contributed by atoms with E-state index in [4.69, 9.17) is 14.5 Å². The van der Waals surface area contributed by atoms with Gasteiger partial charge in [0.05, 0.1) is 13.2 Å². The zero-order chi connectivity index (χ0) is 21.1. The monoisotopic (exact) mass is 540 g/mol.